The monoisotopic (exact) mass is 419 g/mol. The molecule has 0 spiro atoms. The molecule has 0 amide bonds. The smallest absolute Gasteiger partial charge is 0.353 e. The first-order chi connectivity index (χ1) is 14.5. The minimum atomic E-state index is -1.21. The summed E-state index contributed by atoms with van der Waals surface area (Å²) in [7, 11) is 0. The number of aromatic nitrogens is 1. The summed E-state index contributed by atoms with van der Waals surface area (Å²) in [5.41, 5.74) is 1.92. The number of aliphatic hydroxyl groups excluding tert-OH is 1. The van der Waals surface area contributed by atoms with Crippen molar-refractivity contribution >= 4 is 28.3 Å². The molecule has 0 aliphatic heterocycles. The molecule has 2 N–H and O–H groups in total. The molecule has 0 saturated heterocycles. The van der Waals surface area contributed by atoms with Crippen LogP contribution in [-0.4, -0.2) is 20.7 Å². The molecule has 30 heavy (non-hydrogen) atoms. The lowest BCUT2D eigenvalue weighted by Gasteiger charge is -2.18. The summed E-state index contributed by atoms with van der Waals surface area (Å²) in [6, 6.07) is 21.1. The molecule has 150 valence electrons. The van der Waals surface area contributed by atoms with Crippen LogP contribution < -0.4 is 5.56 Å². The largest absolute Gasteiger partial charge is 0.477 e. The van der Waals surface area contributed by atoms with E-state index in [4.69, 9.17) is 11.6 Å². The molecule has 0 aliphatic carbocycles. The molecule has 4 aromatic rings. The number of fused-ring (bicyclic) bond motifs is 1. The maximum atomic E-state index is 13.3. The van der Waals surface area contributed by atoms with Crippen molar-refractivity contribution in [2.75, 3.05) is 0 Å². The lowest BCUT2D eigenvalue weighted by atomic mass is 9.95. The van der Waals surface area contributed by atoms with Crippen molar-refractivity contribution < 1.29 is 15.0 Å². The zero-order valence-corrected chi connectivity index (χ0v) is 16.6. The third kappa shape index (κ3) is 3.61. The van der Waals surface area contributed by atoms with Crippen molar-refractivity contribution in [3.63, 3.8) is 0 Å². The summed E-state index contributed by atoms with van der Waals surface area (Å²) in [5, 5.41) is 20.9. The van der Waals surface area contributed by atoms with Crippen molar-refractivity contribution in [3.05, 3.63) is 105 Å². The Balaban J connectivity index is 2.13. The number of carboxylic acids is 1. The molecule has 0 aliphatic rings. The normalized spacial score (nSPS) is 11.0. The Bertz CT molecular complexity index is 1310. The Kier molecular flexibility index (Phi) is 5.40. The Labute approximate surface area is 177 Å². The third-order valence-electron chi connectivity index (χ3n) is 5.02. The van der Waals surface area contributed by atoms with Crippen molar-refractivity contribution in [1.82, 2.24) is 4.57 Å². The van der Waals surface area contributed by atoms with Crippen LogP contribution in [0.25, 0.3) is 21.9 Å². The van der Waals surface area contributed by atoms with Gasteiger partial charge in [-0.2, -0.15) is 0 Å². The molecule has 0 fully saturated rings. The second-order valence-electron chi connectivity index (χ2n) is 6.95. The summed E-state index contributed by atoms with van der Waals surface area (Å²) in [6.45, 7) is -0.0643. The molecule has 0 unspecified atom stereocenters. The van der Waals surface area contributed by atoms with Crippen molar-refractivity contribution in [2.24, 2.45) is 0 Å². The van der Waals surface area contributed by atoms with Gasteiger partial charge in [-0.15, -0.1) is 0 Å². The second-order valence-corrected chi connectivity index (χ2v) is 7.39. The van der Waals surface area contributed by atoms with Crippen LogP contribution in [0.5, 0.6) is 0 Å². The number of carboxylic acid groups (broad SMARTS) is 1. The lowest BCUT2D eigenvalue weighted by Crippen LogP contribution is -2.28. The molecule has 0 saturated carbocycles. The fraction of sp³-hybridized carbons (Fsp3) is 0.0833. The first-order valence-corrected chi connectivity index (χ1v) is 9.71. The Morgan fingerprint density at radius 3 is 2.33 bits per heavy atom. The van der Waals surface area contributed by atoms with Gasteiger partial charge in [-0.05, 0) is 46.3 Å². The predicted octanol–water partition coefficient (Wildman–Crippen LogP) is 4.56. The number of benzene rings is 3. The maximum absolute atomic E-state index is 13.3. The van der Waals surface area contributed by atoms with Gasteiger partial charge < -0.3 is 10.2 Å². The van der Waals surface area contributed by atoms with Gasteiger partial charge in [0.25, 0.3) is 5.56 Å². The van der Waals surface area contributed by atoms with Gasteiger partial charge in [0.1, 0.15) is 5.69 Å². The average molecular weight is 420 g/mol. The number of aliphatic hydroxyl groups is 1. The van der Waals surface area contributed by atoms with Gasteiger partial charge in [-0.25, -0.2) is 4.79 Å². The Morgan fingerprint density at radius 1 is 0.900 bits per heavy atom. The number of nitrogens with zero attached hydrogens (tertiary/aromatic N) is 1. The molecule has 6 heteroatoms. The third-order valence-corrected chi connectivity index (χ3v) is 5.25. The number of rotatable bonds is 5. The molecule has 5 nitrogen and oxygen atoms in total. The fourth-order valence-electron chi connectivity index (χ4n) is 3.68. The predicted molar refractivity (Wildman–Crippen MR) is 117 cm³/mol. The van der Waals surface area contributed by atoms with E-state index in [1.54, 1.807) is 42.5 Å². The van der Waals surface area contributed by atoms with Crippen LogP contribution >= 0.6 is 11.6 Å². The van der Waals surface area contributed by atoms with E-state index in [1.165, 1.54) is 4.57 Å². The van der Waals surface area contributed by atoms with Gasteiger partial charge in [0.2, 0.25) is 0 Å². The van der Waals surface area contributed by atoms with Crippen molar-refractivity contribution in [3.8, 4) is 11.1 Å². The first kappa shape index (κ1) is 19.9. The highest BCUT2D eigenvalue weighted by molar-refractivity contribution is 6.31. The minimum Gasteiger partial charge on any atom is -0.477 e. The van der Waals surface area contributed by atoms with Gasteiger partial charge in [-0.3, -0.25) is 9.36 Å². The van der Waals surface area contributed by atoms with Gasteiger partial charge >= 0.3 is 5.97 Å². The molecule has 1 aromatic heterocycles. The van der Waals surface area contributed by atoms with Gasteiger partial charge in [0.05, 0.1) is 13.2 Å². The molecule has 0 bridgehead atoms. The van der Waals surface area contributed by atoms with Gasteiger partial charge in [0, 0.05) is 16.0 Å². The van der Waals surface area contributed by atoms with E-state index in [-0.39, 0.29) is 18.8 Å². The summed E-state index contributed by atoms with van der Waals surface area (Å²) in [5.74, 6) is -1.21. The SMILES string of the molecule is O=C(O)c1c(-c2cccc(CO)c2)c2cc(Cl)ccc2c(=O)n1Cc1ccccc1. The van der Waals surface area contributed by atoms with E-state index >= 15 is 0 Å². The van der Waals surface area contributed by atoms with Crippen LogP contribution in [0.15, 0.2) is 77.6 Å². The van der Waals surface area contributed by atoms with Crippen molar-refractivity contribution in [2.45, 2.75) is 13.2 Å². The molecule has 4 rings (SSSR count). The maximum Gasteiger partial charge on any atom is 0.353 e. The molecule has 0 radical (unpaired) electrons. The average Bonchev–Trinajstić information content (AvgIpc) is 2.75. The Hall–Kier alpha value is -3.41. The van der Waals surface area contributed by atoms with Crippen LogP contribution in [0.3, 0.4) is 0 Å². The number of pyridine rings is 1. The van der Waals surface area contributed by atoms with Crippen LogP contribution in [0.2, 0.25) is 5.02 Å². The topological polar surface area (TPSA) is 79.5 Å². The number of aromatic carboxylic acids is 1. The summed E-state index contributed by atoms with van der Waals surface area (Å²) < 4.78 is 1.29. The minimum absolute atomic E-state index is 0.117. The van der Waals surface area contributed by atoms with Gasteiger partial charge in [-0.1, -0.05) is 60.1 Å². The number of halogens is 1. The van der Waals surface area contributed by atoms with E-state index in [9.17, 15) is 19.8 Å². The fourth-order valence-corrected chi connectivity index (χ4v) is 3.85. The van der Waals surface area contributed by atoms with E-state index in [2.05, 4.69) is 0 Å². The Morgan fingerprint density at radius 2 is 1.63 bits per heavy atom. The zero-order valence-electron chi connectivity index (χ0n) is 15.9. The highest BCUT2D eigenvalue weighted by Crippen LogP contribution is 2.33. The quantitative estimate of drug-likeness (QED) is 0.497. The lowest BCUT2D eigenvalue weighted by molar-refractivity contribution is 0.0685. The summed E-state index contributed by atoms with van der Waals surface area (Å²) >= 11 is 6.19. The molecule has 0 atom stereocenters. The standard InChI is InChI=1S/C24H18ClNO4/c25-18-9-10-19-20(12-18)21(17-8-4-7-16(11-17)14-27)22(24(29)30)26(23(19)28)13-15-5-2-1-3-6-15/h1-12,27H,13-14H2,(H,29,30). The van der Waals surface area contributed by atoms with E-state index in [0.717, 1.165) is 5.56 Å². The second kappa shape index (κ2) is 8.14. The molecule has 3 aromatic carbocycles. The molecule has 1 heterocycles. The summed E-state index contributed by atoms with van der Waals surface area (Å²) in [4.78, 5) is 25.7. The van der Waals surface area contributed by atoms with E-state index < -0.39 is 11.5 Å². The van der Waals surface area contributed by atoms with Gasteiger partial charge in [0.15, 0.2) is 0 Å². The van der Waals surface area contributed by atoms with E-state index in [1.807, 2.05) is 30.3 Å². The number of hydrogen-bond donors (Lipinski definition) is 2. The molecular formula is C24H18ClNO4. The van der Waals surface area contributed by atoms with Crippen molar-refractivity contribution in [1.29, 1.82) is 0 Å². The highest BCUT2D eigenvalue weighted by atomic mass is 35.5. The first-order valence-electron chi connectivity index (χ1n) is 9.33. The zero-order chi connectivity index (χ0) is 21.3. The van der Waals surface area contributed by atoms with Crippen LogP contribution in [0, 0.1) is 0 Å². The van der Waals surface area contributed by atoms with Crippen LogP contribution in [-0.2, 0) is 13.2 Å². The number of carbonyl (C=O) groups is 1. The number of hydrogen-bond acceptors (Lipinski definition) is 3. The van der Waals surface area contributed by atoms with Crippen LogP contribution in [0.1, 0.15) is 21.6 Å². The van der Waals surface area contributed by atoms with E-state index in [0.29, 0.717) is 32.5 Å². The van der Waals surface area contributed by atoms with Crippen LogP contribution in [0.4, 0.5) is 0 Å². The highest BCUT2D eigenvalue weighted by Gasteiger charge is 2.23. The summed E-state index contributed by atoms with van der Waals surface area (Å²) in [6.07, 6.45) is 0. The molecular weight excluding hydrogens is 402 g/mol.